The van der Waals surface area contributed by atoms with Crippen molar-refractivity contribution >= 4 is 11.6 Å². The largest absolute Gasteiger partial charge is 0.487 e. The Bertz CT molecular complexity index is 1300. The van der Waals surface area contributed by atoms with Crippen molar-refractivity contribution in [1.29, 1.82) is 0 Å². The fourth-order valence-electron chi connectivity index (χ4n) is 4.77. The van der Waals surface area contributed by atoms with E-state index in [0.717, 1.165) is 62.0 Å². The van der Waals surface area contributed by atoms with Crippen molar-refractivity contribution in [2.75, 3.05) is 25.5 Å². The molecule has 0 saturated carbocycles. The first-order valence-electron chi connectivity index (χ1n) is 14.7. The predicted molar refractivity (Wildman–Crippen MR) is 167 cm³/mol. The van der Waals surface area contributed by atoms with Crippen LogP contribution in [0, 0.1) is 0 Å². The molecule has 0 unspecified atom stereocenters. The van der Waals surface area contributed by atoms with Gasteiger partial charge in [-0.1, -0.05) is 116 Å². The minimum absolute atomic E-state index is 0.0741. The number of nitrogens with zero attached hydrogens (tertiary/aromatic N) is 1. The van der Waals surface area contributed by atoms with E-state index in [-0.39, 0.29) is 12.3 Å². The third kappa shape index (κ3) is 10.4. The number of rotatable bonds is 17. The van der Waals surface area contributed by atoms with Crippen LogP contribution in [0.2, 0.25) is 0 Å². The van der Waals surface area contributed by atoms with Crippen LogP contribution in [-0.4, -0.2) is 30.6 Å². The SMILES string of the molecule is Nc1c(CC(=O)N(CCCCCCOCCc2ccccc2)Cc2ccccc2)cccc1OCc1ccccc1. The van der Waals surface area contributed by atoms with E-state index in [9.17, 15) is 4.79 Å². The van der Waals surface area contributed by atoms with Gasteiger partial charge in [0.15, 0.2) is 0 Å². The number of nitrogens with two attached hydrogens (primary N) is 1. The maximum absolute atomic E-state index is 13.5. The molecule has 214 valence electrons. The second-order valence-electron chi connectivity index (χ2n) is 10.3. The fourth-order valence-corrected chi connectivity index (χ4v) is 4.77. The van der Waals surface area contributed by atoms with Crippen molar-refractivity contribution in [2.45, 2.75) is 51.7 Å². The number of hydrogen-bond acceptors (Lipinski definition) is 4. The number of amides is 1. The van der Waals surface area contributed by atoms with Crippen LogP contribution in [0.4, 0.5) is 5.69 Å². The Labute approximate surface area is 244 Å². The van der Waals surface area contributed by atoms with Gasteiger partial charge in [-0.15, -0.1) is 0 Å². The van der Waals surface area contributed by atoms with Crippen LogP contribution in [0.25, 0.3) is 0 Å². The Hall–Kier alpha value is -4.09. The maximum atomic E-state index is 13.5. The van der Waals surface area contributed by atoms with Crippen LogP contribution in [0.15, 0.2) is 109 Å². The van der Waals surface area contributed by atoms with Crippen LogP contribution >= 0.6 is 0 Å². The van der Waals surface area contributed by atoms with Gasteiger partial charge in [0.2, 0.25) is 5.91 Å². The Morgan fingerprint density at radius 3 is 2.00 bits per heavy atom. The second-order valence-corrected chi connectivity index (χ2v) is 10.3. The summed E-state index contributed by atoms with van der Waals surface area (Å²) in [7, 11) is 0. The molecule has 4 aromatic rings. The molecular formula is C36H42N2O3. The molecule has 41 heavy (non-hydrogen) atoms. The van der Waals surface area contributed by atoms with Gasteiger partial charge in [0.1, 0.15) is 12.4 Å². The summed E-state index contributed by atoms with van der Waals surface area (Å²) < 4.78 is 11.8. The van der Waals surface area contributed by atoms with Crippen LogP contribution in [0.5, 0.6) is 5.75 Å². The maximum Gasteiger partial charge on any atom is 0.227 e. The molecule has 0 bridgehead atoms. The number of ether oxygens (including phenoxy) is 2. The molecule has 0 aromatic heterocycles. The van der Waals surface area contributed by atoms with Gasteiger partial charge in [-0.05, 0) is 47.6 Å². The first-order chi connectivity index (χ1) is 20.2. The lowest BCUT2D eigenvalue weighted by Crippen LogP contribution is -2.33. The molecule has 4 rings (SSSR count). The van der Waals surface area contributed by atoms with Gasteiger partial charge in [-0.3, -0.25) is 4.79 Å². The zero-order valence-corrected chi connectivity index (χ0v) is 23.9. The van der Waals surface area contributed by atoms with Crippen LogP contribution in [0.1, 0.15) is 47.9 Å². The van der Waals surface area contributed by atoms with Crippen molar-refractivity contribution < 1.29 is 14.3 Å². The van der Waals surface area contributed by atoms with Gasteiger partial charge in [0.05, 0.1) is 18.7 Å². The Balaban J connectivity index is 1.24. The molecule has 2 N–H and O–H groups in total. The molecule has 0 aliphatic rings. The highest BCUT2D eigenvalue weighted by molar-refractivity contribution is 5.81. The lowest BCUT2D eigenvalue weighted by molar-refractivity contribution is -0.131. The van der Waals surface area contributed by atoms with Gasteiger partial charge < -0.3 is 20.1 Å². The summed E-state index contributed by atoms with van der Waals surface area (Å²) in [6.45, 7) is 3.27. The first-order valence-corrected chi connectivity index (χ1v) is 14.7. The summed E-state index contributed by atoms with van der Waals surface area (Å²) in [6.07, 6.45) is 5.34. The molecule has 0 spiro atoms. The first kappa shape index (κ1) is 29.9. The highest BCUT2D eigenvalue weighted by atomic mass is 16.5. The van der Waals surface area contributed by atoms with Crippen molar-refractivity contribution in [3.8, 4) is 5.75 Å². The molecule has 5 nitrogen and oxygen atoms in total. The summed E-state index contributed by atoms with van der Waals surface area (Å²) in [5, 5.41) is 0. The number of carbonyl (C=O) groups is 1. The van der Waals surface area contributed by atoms with Crippen molar-refractivity contribution in [1.82, 2.24) is 4.90 Å². The summed E-state index contributed by atoms with van der Waals surface area (Å²) >= 11 is 0. The van der Waals surface area contributed by atoms with Crippen LogP contribution in [-0.2, 0) is 35.5 Å². The Kier molecular flexibility index (Phi) is 12.3. The molecule has 0 aliphatic heterocycles. The Morgan fingerprint density at radius 2 is 1.29 bits per heavy atom. The number of nitrogen functional groups attached to an aromatic ring is 1. The minimum Gasteiger partial charge on any atom is -0.487 e. The molecule has 0 radical (unpaired) electrons. The van der Waals surface area contributed by atoms with Crippen molar-refractivity contribution in [2.24, 2.45) is 0 Å². The third-order valence-corrected chi connectivity index (χ3v) is 7.15. The monoisotopic (exact) mass is 550 g/mol. The van der Waals surface area contributed by atoms with Gasteiger partial charge in [0.25, 0.3) is 0 Å². The quantitative estimate of drug-likeness (QED) is 0.111. The third-order valence-electron chi connectivity index (χ3n) is 7.15. The number of anilines is 1. The van der Waals surface area contributed by atoms with Crippen molar-refractivity contribution in [3.63, 3.8) is 0 Å². The standard InChI is InChI=1S/C36H42N2O3/c37-36-33(21-14-22-34(36)41-29-32-19-10-5-11-20-32)27-35(39)38(28-31-17-8-4-9-18-31)24-12-1-2-13-25-40-26-23-30-15-6-3-7-16-30/h3-11,14-22H,1-2,12-13,23-29,37H2. The molecule has 0 saturated heterocycles. The minimum atomic E-state index is 0.0741. The van der Waals surface area contributed by atoms with Gasteiger partial charge in [-0.2, -0.15) is 0 Å². The van der Waals surface area contributed by atoms with Crippen molar-refractivity contribution in [3.05, 3.63) is 131 Å². The number of unbranched alkanes of at least 4 members (excludes halogenated alkanes) is 3. The highest BCUT2D eigenvalue weighted by Crippen LogP contribution is 2.27. The number of benzene rings is 4. The number of para-hydroxylation sites is 1. The average Bonchev–Trinajstić information content (AvgIpc) is 3.01. The van der Waals surface area contributed by atoms with E-state index >= 15 is 0 Å². The molecule has 0 heterocycles. The summed E-state index contributed by atoms with van der Waals surface area (Å²) in [4.78, 5) is 15.5. The van der Waals surface area contributed by atoms with E-state index in [1.807, 2.05) is 77.7 Å². The lowest BCUT2D eigenvalue weighted by atomic mass is 10.1. The van der Waals surface area contributed by atoms with E-state index in [1.165, 1.54) is 5.56 Å². The topological polar surface area (TPSA) is 64.8 Å². The van der Waals surface area contributed by atoms with E-state index in [1.54, 1.807) is 0 Å². The molecule has 0 aliphatic carbocycles. The Morgan fingerprint density at radius 1 is 0.659 bits per heavy atom. The van der Waals surface area contributed by atoms with Crippen LogP contribution in [0.3, 0.4) is 0 Å². The predicted octanol–water partition coefficient (Wildman–Crippen LogP) is 7.24. The summed E-state index contributed by atoms with van der Waals surface area (Å²) in [5.74, 6) is 0.685. The molecule has 0 fully saturated rings. The van der Waals surface area contributed by atoms with E-state index in [2.05, 4.69) is 36.4 Å². The molecule has 4 aromatic carbocycles. The second kappa shape index (κ2) is 16.9. The van der Waals surface area contributed by atoms with E-state index < -0.39 is 0 Å². The number of hydrogen-bond donors (Lipinski definition) is 1. The number of carbonyl (C=O) groups excluding carboxylic acids is 1. The smallest absolute Gasteiger partial charge is 0.227 e. The average molecular weight is 551 g/mol. The van der Waals surface area contributed by atoms with E-state index in [4.69, 9.17) is 15.2 Å². The summed E-state index contributed by atoms with van der Waals surface area (Å²) in [5.41, 5.74) is 11.3. The molecular weight excluding hydrogens is 508 g/mol. The van der Waals surface area contributed by atoms with Crippen LogP contribution < -0.4 is 10.5 Å². The van der Waals surface area contributed by atoms with Gasteiger partial charge in [-0.25, -0.2) is 0 Å². The molecule has 0 atom stereocenters. The molecule has 1 amide bonds. The van der Waals surface area contributed by atoms with Gasteiger partial charge >= 0.3 is 0 Å². The zero-order chi connectivity index (χ0) is 28.5. The normalized spacial score (nSPS) is 10.8. The highest BCUT2D eigenvalue weighted by Gasteiger charge is 2.17. The molecule has 5 heteroatoms. The van der Waals surface area contributed by atoms with E-state index in [0.29, 0.717) is 31.1 Å². The fraction of sp³-hybridized carbons (Fsp3) is 0.306. The summed E-state index contributed by atoms with van der Waals surface area (Å²) in [6, 6.07) is 36.3. The lowest BCUT2D eigenvalue weighted by Gasteiger charge is -2.24. The van der Waals surface area contributed by atoms with Gasteiger partial charge in [0, 0.05) is 19.7 Å². The zero-order valence-electron chi connectivity index (χ0n) is 23.9.